The first-order valence-electron chi connectivity index (χ1n) is 10.7. The lowest BCUT2D eigenvalue weighted by Gasteiger charge is -2.26. The van der Waals surface area contributed by atoms with Crippen LogP contribution >= 0.6 is 0 Å². The average Bonchev–Trinajstić information content (AvgIpc) is 2.87. The highest BCUT2D eigenvalue weighted by molar-refractivity contribution is 6.39. The maximum Gasteiger partial charge on any atom is 0.335 e. The number of halogens is 1. The topological polar surface area (TPSA) is 114 Å². The van der Waals surface area contributed by atoms with Gasteiger partial charge in [0.2, 0.25) is 0 Å². The van der Waals surface area contributed by atoms with Crippen LogP contribution in [0.25, 0.3) is 6.08 Å². The second-order valence-electron chi connectivity index (χ2n) is 7.54. The molecule has 1 fully saturated rings. The molecule has 1 aliphatic heterocycles. The summed E-state index contributed by atoms with van der Waals surface area (Å²) in [5.41, 5.74) is 0.645. The molecule has 0 aliphatic carbocycles. The number of para-hydroxylation sites is 1. The number of ether oxygens (including phenoxy) is 2. The zero-order valence-corrected chi connectivity index (χ0v) is 19.0. The summed E-state index contributed by atoms with van der Waals surface area (Å²) in [5, 5.41) is 4.79. The van der Waals surface area contributed by atoms with Gasteiger partial charge in [0.15, 0.2) is 6.61 Å². The highest BCUT2D eigenvalue weighted by Gasteiger charge is 2.37. The fourth-order valence-corrected chi connectivity index (χ4v) is 3.38. The van der Waals surface area contributed by atoms with Gasteiger partial charge in [-0.05, 0) is 60.7 Å². The predicted octanol–water partition coefficient (Wildman–Crippen LogP) is 3.52. The van der Waals surface area contributed by atoms with Crippen molar-refractivity contribution in [1.82, 2.24) is 5.32 Å². The molecule has 0 unspecified atom stereocenters. The average molecular weight is 489 g/mol. The Bertz CT molecular complexity index is 1350. The molecular weight excluding hydrogens is 469 g/mol. The van der Waals surface area contributed by atoms with Gasteiger partial charge in [-0.2, -0.15) is 0 Å². The van der Waals surface area contributed by atoms with Crippen LogP contribution in [0.2, 0.25) is 0 Å². The van der Waals surface area contributed by atoms with Crippen LogP contribution in [0.15, 0.2) is 78.4 Å². The van der Waals surface area contributed by atoms with E-state index in [9.17, 15) is 23.6 Å². The summed E-state index contributed by atoms with van der Waals surface area (Å²) in [4.78, 5) is 50.9. The molecule has 9 nitrogen and oxygen atoms in total. The maximum atomic E-state index is 13.3. The summed E-state index contributed by atoms with van der Waals surface area (Å²) < 4.78 is 24.0. The van der Waals surface area contributed by atoms with E-state index >= 15 is 0 Å². The number of rotatable bonds is 7. The van der Waals surface area contributed by atoms with Crippen LogP contribution in [-0.4, -0.2) is 37.5 Å². The SMILES string of the molecule is COc1ccc(NC(=O)COc2ccccc2C=C2C(=O)NC(=O)N(c3ccc(F)cc3)C2=O)cc1. The Labute approximate surface area is 205 Å². The minimum absolute atomic E-state index is 0.0945. The first kappa shape index (κ1) is 24.1. The van der Waals surface area contributed by atoms with Crippen molar-refractivity contribution < 1.29 is 33.0 Å². The maximum absolute atomic E-state index is 13.3. The van der Waals surface area contributed by atoms with E-state index < -0.39 is 29.6 Å². The molecule has 1 aliphatic rings. The van der Waals surface area contributed by atoms with E-state index in [-0.39, 0.29) is 23.6 Å². The van der Waals surface area contributed by atoms with E-state index in [1.165, 1.54) is 25.3 Å². The molecule has 4 rings (SSSR count). The van der Waals surface area contributed by atoms with Gasteiger partial charge in [-0.15, -0.1) is 0 Å². The molecule has 3 aromatic rings. The van der Waals surface area contributed by atoms with Crippen molar-refractivity contribution in [3.8, 4) is 11.5 Å². The van der Waals surface area contributed by atoms with Crippen LogP contribution in [0.3, 0.4) is 0 Å². The molecule has 2 N–H and O–H groups in total. The lowest BCUT2D eigenvalue weighted by molar-refractivity contribution is -0.122. The summed E-state index contributed by atoms with van der Waals surface area (Å²) in [7, 11) is 1.54. The highest BCUT2D eigenvalue weighted by Crippen LogP contribution is 2.26. The molecule has 3 aromatic carbocycles. The Hall–Kier alpha value is -4.99. The second-order valence-corrected chi connectivity index (χ2v) is 7.54. The van der Waals surface area contributed by atoms with Crippen LogP contribution in [0.5, 0.6) is 11.5 Å². The lowest BCUT2D eigenvalue weighted by Crippen LogP contribution is -2.54. The lowest BCUT2D eigenvalue weighted by atomic mass is 10.1. The minimum Gasteiger partial charge on any atom is -0.497 e. The smallest absolute Gasteiger partial charge is 0.335 e. The third-order valence-corrected chi connectivity index (χ3v) is 5.14. The molecule has 36 heavy (non-hydrogen) atoms. The van der Waals surface area contributed by atoms with E-state index in [0.29, 0.717) is 17.0 Å². The van der Waals surface area contributed by atoms with E-state index in [4.69, 9.17) is 9.47 Å². The fourth-order valence-electron chi connectivity index (χ4n) is 3.38. The number of nitrogens with one attached hydrogen (secondary N) is 2. The Balaban J connectivity index is 1.51. The molecule has 1 saturated heterocycles. The third-order valence-electron chi connectivity index (χ3n) is 5.14. The number of hydrogen-bond donors (Lipinski definition) is 2. The van der Waals surface area contributed by atoms with Crippen molar-refractivity contribution in [2.45, 2.75) is 0 Å². The first-order valence-corrected chi connectivity index (χ1v) is 10.7. The van der Waals surface area contributed by atoms with Gasteiger partial charge in [0.1, 0.15) is 22.9 Å². The van der Waals surface area contributed by atoms with Crippen molar-refractivity contribution in [3.63, 3.8) is 0 Å². The molecule has 0 bridgehead atoms. The number of methoxy groups -OCH3 is 1. The third kappa shape index (κ3) is 5.39. The number of anilines is 2. The molecule has 5 amide bonds. The quantitative estimate of drug-likeness (QED) is 0.388. The largest absolute Gasteiger partial charge is 0.497 e. The van der Waals surface area contributed by atoms with E-state index in [0.717, 1.165) is 17.0 Å². The van der Waals surface area contributed by atoms with Gasteiger partial charge in [-0.1, -0.05) is 18.2 Å². The summed E-state index contributed by atoms with van der Waals surface area (Å²) >= 11 is 0. The van der Waals surface area contributed by atoms with Crippen molar-refractivity contribution in [1.29, 1.82) is 0 Å². The fraction of sp³-hybridized carbons (Fsp3) is 0.0769. The number of nitrogens with zero attached hydrogens (tertiary/aromatic N) is 1. The zero-order chi connectivity index (χ0) is 25.7. The molecule has 10 heteroatoms. The Morgan fingerprint density at radius 1 is 1.00 bits per heavy atom. The first-order chi connectivity index (χ1) is 17.4. The van der Waals surface area contributed by atoms with Crippen molar-refractivity contribution in [3.05, 3.63) is 89.8 Å². The number of imide groups is 2. The molecule has 0 atom stereocenters. The number of barbiturate groups is 1. The molecule has 0 saturated carbocycles. The van der Waals surface area contributed by atoms with Gasteiger partial charge in [0.05, 0.1) is 12.8 Å². The summed E-state index contributed by atoms with van der Waals surface area (Å²) in [6.07, 6.45) is 1.26. The van der Waals surface area contributed by atoms with Gasteiger partial charge >= 0.3 is 6.03 Å². The standard InChI is InChI=1S/C26H20FN3O6/c1-35-20-12-8-18(9-13-20)28-23(31)15-36-22-5-3-2-4-16(22)14-21-24(32)29-26(34)30(25(21)33)19-10-6-17(27)7-11-19/h2-14H,15H2,1H3,(H,28,31)(H,29,32,34). The molecular formula is C26H20FN3O6. The molecule has 0 aromatic heterocycles. The number of urea groups is 1. The summed E-state index contributed by atoms with van der Waals surface area (Å²) in [5.74, 6) is -1.87. The van der Waals surface area contributed by atoms with E-state index in [1.54, 1.807) is 48.5 Å². The van der Waals surface area contributed by atoms with E-state index in [2.05, 4.69) is 10.6 Å². The van der Waals surface area contributed by atoms with Gasteiger partial charge in [0, 0.05) is 11.3 Å². The Kier molecular flexibility index (Phi) is 7.05. The number of hydrogen-bond acceptors (Lipinski definition) is 6. The van der Waals surface area contributed by atoms with Gasteiger partial charge < -0.3 is 14.8 Å². The number of carbonyl (C=O) groups excluding carboxylic acids is 4. The highest BCUT2D eigenvalue weighted by atomic mass is 19.1. The van der Waals surface area contributed by atoms with Crippen molar-refractivity contribution in [2.75, 3.05) is 23.9 Å². The van der Waals surface area contributed by atoms with Gasteiger partial charge in [-0.3, -0.25) is 19.7 Å². The normalized spacial score (nSPS) is 14.4. The molecule has 0 radical (unpaired) electrons. The predicted molar refractivity (Wildman–Crippen MR) is 129 cm³/mol. The van der Waals surface area contributed by atoms with Crippen LogP contribution in [0, 0.1) is 5.82 Å². The molecule has 0 spiro atoms. The van der Waals surface area contributed by atoms with Gasteiger partial charge in [-0.25, -0.2) is 14.1 Å². The number of carbonyl (C=O) groups is 4. The van der Waals surface area contributed by atoms with Crippen LogP contribution in [0.1, 0.15) is 5.56 Å². The van der Waals surface area contributed by atoms with Crippen LogP contribution in [-0.2, 0) is 14.4 Å². The van der Waals surface area contributed by atoms with Crippen molar-refractivity contribution in [2.24, 2.45) is 0 Å². The number of benzene rings is 3. The van der Waals surface area contributed by atoms with Gasteiger partial charge in [0.25, 0.3) is 17.7 Å². The van der Waals surface area contributed by atoms with Crippen LogP contribution in [0.4, 0.5) is 20.6 Å². The minimum atomic E-state index is -0.950. The summed E-state index contributed by atoms with van der Waals surface area (Å²) in [6.45, 7) is -0.341. The monoisotopic (exact) mass is 489 g/mol. The Morgan fingerprint density at radius 3 is 2.39 bits per heavy atom. The van der Waals surface area contributed by atoms with E-state index in [1.807, 2.05) is 0 Å². The Morgan fingerprint density at radius 2 is 1.69 bits per heavy atom. The molecule has 182 valence electrons. The second kappa shape index (κ2) is 10.5. The van der Waals surface area contributed by atoms with Crippen LogP contribution < -0.4 is 25.0 Å². The zero-order valence-electron chi connectivity index (χ0n) is 19.0. The van der Waals surface area contributed by atoms with Crippen molar-refractivity contribution >= 4 is 41.2 Å². The summed E-state index contributed by atoms with van der Waals surface area (Å²) in [6, 6.07) is 17.0. The molecule has 1 heterocycles. The number of amides is 5.